The smallest absolute Gasteiger partial charge is 0.248 e. The second-order valence-corrected chi connectivity index (χ2v) is 4.76. The van der Waals surface area contributed by atoms with Gasteiger partial charge in [-0.3, -0.25) is 14.4 Å². The molecule has 0 aliphatic carbocycles. The van der Waals surface area contributed by atoms with Crippen molar-refractivity contribution in [1.82, 2.24) is 4.90 Å². The molecule has 0 spiro atoms. The fourth-order valence-electron chi connectivity index (χ4n) is 2.22. The largest absolute Gasteiger partial charge is 0.366 e. The van der Waals surface area contributed by atoms with Crippen LogP contribution in [0.15, 0.2) is 24.3 Å². The summed E-state index contributed by atoms with van der Waals surface area (Å²) in [5, 5.41) is 2.75. The van der Waals surface area contributed by atoms with E-state index in [0.29, 0.717) is 24.3 Å². The third kappa shape index (κ3) is 2.96. The number of nitrogens with one attached hydrogen (secondary N) is 1. The highest BCUT2D eigenvalue weighted by Gasteiger charge is 2.33. The minimum atomic E-state index is -0.511. The van der Waals surface area contributed by atoms with Crippen LogP contribution in [0.3, 0.4) is 0 Å². The summed E-state index contributed by atoms with van der Waals surface area (Å²) in [4.78, 5) is 36.3. The molecule has 1 fully saturated rings. The van der Waals surface area contributed by atoms with E-state index in [1.165, 1.54) is 0 Å². The van der Waals surface area contributed by atoms with E-state index in [2.05, 4.69) is 5.32 Å². The zero-order valence-corrected chi connectivity index (χ0v) is 11.3. The van der Waals surface area contributed by atoms with Crippen LogP contribution in [0.5, 0.6) is 0 Å². The first-order valence-electron chi connectivity index (χ1n) is 6.49. The summed E-state index contributed by atoms with van der Waals surface area (Å²) in [6, 6.07) is 6.34. The van der Waals surface area contributed by atoms with Crippen LogP contribution in [-0.2, 0) is 9.59 Å². The molecule has 6 heteroatoms. The summed E-state index contributed by atoms with van der Waals surface area (Å²) in [5.74, 6) is -1.00. The van der Waals surface area contributed by atoms with Crippen LogP contribution in [0.25, 0.3) is 0 Å². The highest BCUT2D eigenvalue weighted by atomic mass is 16.2. The number of primary amides is 1. The van der Waals surface area contributed by atoms with Gasteiger partial charge in [-0.25, -0.2) is 0 Å². The van der Waals surface area contributed by atoms with Crippen LogP contribution in [0.2, 0.25) is 0 Å². The fraction of sp³-hybridized carbons (Fsp3) is 0.357. The van der Waals surface area contributed by atoms with Crippen molar-refractivity contribution in [3.05, 3.63) is 29.8 Å². The number of nitrogens with two attached hydrogens (primary N) is 1. The highest BCUT2D eigenvalue weighted by Crippen LogP contribution is 2.19. The Balaban J connectivity index is 1.98. The molecule has 106 valence electrons. The fourth-order valence-corrected chi connectivity index (χ4v) is 2.22. The first-order chi connectivity index (χ1) is 9.51. The SMILES string of the molecule is CCN1CC(C(=O)Nc2ccc(C(N)=O)cc2)CC1=O. The van der Waals surface area contributed by atoms with Crippen LogP contribution < -0.4 is 11.1 Å². The van der Waals surface area contributed by atoms with Crippen LogP contribution in [-0.4, -0.2) is 35.7 Å². The summed E-state index contributed by atoms with van der Waals surface area (Å²) < 4.78 is 0. The average molecular weight is 275 g/mol. The molecule has 1 saturated heterocycles. The number of carbonyl (C=O) groups excluding carboxylic acids is 3. The van der Waals surface area contributed by atoms with Crippen molar-refractivity contribution in [1.29, 1.82) is 0 Å². The van der Waals surface area contributed by atoms with Gasteiger partial charge in [0.15, 0.2) is 0 Å². The molecule has 1 aliphatic rings. The quantitative estimate of drug-likeness (QED) is 0.842. The van der Waals surface area contributed by atoms with Gasteiger partial charge in [0.2, 0.25) is 17.7 Å². The number of hydrogen-bond donors (Lipinski definition) is 2. The van der Waals surface area contributed by atoms with Crippen molar-refractivity contribution >= 4 is 23.4 Å². The summed E-state index contributed by atoms with van der Waals surface area (Å²) >= 11 is 0. The lowest BCUT2D eigenvalue weighted by Crippen LogP contribution is -2.28. The molecule has 2 rings (SSSR count). The normalized spacial score (nSPS) is 18.1. The zero-order chi connectivity index (χ0) is 14.7. The van der Waals surface area contributed by atoms with Crippen molar-refractivity contribution < 1.29 is 14.4 Å². The first-order valence-corrected chi connectivity index (χ1v) is 6.49. The third-order valence-corrected chi connectivity index (χ3v) is 3.40. The Hall–Kier alpha value is -2.37. The van der Waals surface area contributed by atoms with Crippen molar-refractivity contribution in [2.24, 2.45) is 11.7 Å². The lowest BCUT2D eigenvalue weighted by molar-refractivity contribution is -0.128. The van der Waals surface area contributed by atoms with Crippen molar-refractivity contribution in [3.63, 3.8) is 0 Å². The van der Waals surface area contributed by atoms with Gasteiger partial charge in [0.25, 0.3) is 0 Å². The van der Waals surface area contributed by atoms with Crippen molar-refractivity contribution in [3.8, 4) is 0 Å². The summed E-state index contributed by atoms with van der Waals surface area (Å²) in [7, 11) is 0. The maximum absolute atomic E-state index is 12.1. The summed E-state index contributed by atoms with van der Waals surface area (Å²) in [6.45, 7) is 2.97. The minimum absolute atomic E-state index is 0.0109. The van der Waals surface area contributed by atoms with E-state index in [9.17, 15) is 14.4 Å². The predicted octanol–water partition coefficient (Wildman–Crippen LogP) is 0.592. The molecule has 0 aromatic heterocycles. The second-order valence-electron chi connectivity index (χ2n) is 4.76. The standard InChI is InChI=1S/C14H17N3O3/c1-2-17-8-10(7-12(17)18)14(20)16-11-5-3-9(4-6-11)13(15)19/h3-6,10H,2,7-8H2,1H3,(H2,15,19)(H,16,20). The Morgan fingerprint density at radius 1 is 1.35 bits per heavy atom. The molecule has 3 N–H and O–H groups in total. The van der Waals surface area contributed by atoms with Gasteiger partial charge in [-0.2, -0.15) is 0 Å². The molecule has 6 nitrogen and oxygen atoms in total. The van der Waals surface area contributed by atoms with Gasteiger partial charge >= 0.3 is 0 Å². The Morgan fingerprint density at radius 2 is 2.00 bits per heavy atom. The van der Waals surface area contributed by atoms with E-state index in [-0.39, 0.29) is 24.2 Å². The topological polar surface area (TPSA) is 92.5 Å². The third-order valence-electron chi connectivity index (χ3n) is 3.40. The maximum atomic E-state index is 12.1. The number of rotatable bonds is 4. The van der Waals surface area contributed by atoms with Gasteiger partial charge in [-0.1, -0.05) is 0 Å². The molecular weight excluding hydrogens is 258 g/mol. The number of hydrogen-bond acceptors (Lipinski definition) is 3. The molecular formula is C14H17N3O3. The van der Waals surface area contributed by atoms with E-state index < -0.39 is 5.91 Å². The zero-order valence-electron chi connectivity index (χ0n) is 11.3. The second kappa shape index (κ2) is 5.73. The Morgan fingerprint density at radius 3 is 2.50 bits per heavy atom. The van der Waals surface area contributed by atoms with Gasteiger partial charge in [0, 0.05) is 30.8 Å². The first kappa shape index (κ1) is 14.0. The van der Waals surface area contributed by atoms with Gasteiger partial charge in [-0.15, -0.1) is 0 Å². The molecule has 0 bridgehead atoms. The monoisotopic (exact) mass is 275 g/mol. The van der Waals surface area contributed by atoms with E-state index in [1.54, 1.807) is 29.2 Å². The van der Waals surface area contributed by atoms with Crippen molar-refractivity contribution in [2.75, 3.05) is 18.4 Å². The lowest BCUT2D eigenvalue weighted by atomic mass is 10.1. The molecule has 20 heavy (non-hydrogen) atoms. The molecule has 1 aliphatic heterocycles. The Bertz CT molecular complexity index is 539. The van der Waals surface area contributed by atoms with Crippen LogP contribution >= 0.6 is 0 Å². The van der Waals surface area contributed by atoms with Gasteiger partial charge in [0.05, 0.1) is 5.92 Å². The van der Waals surface area contributed by atoms with Crippen LogP contribution in [0.1, 0.15) is 23.7 Å². The molecule has 1 aromatic carbocycles. The van der Waals surface area contributed by atoms with Gasteiger partial charge < -0.3 is 16.0 Å². The van der Waals surface area contributed by atoms with E-state index in [1.807, 2.05) is 6.92 Å². The van der Waals surface area contributed by atoms with E-state index in [4.69, 9.17) is 5.73 Å². The number of anilines is 1. The van der Waals surface area contributed by atoms with Crippen LogP contribution in [0, 0.1) is 5.92 Å². The number of nitrogens with zero attached hydrogens (tertiary/aromatic N) is 1. The molecule has 1 atom stereocenters. The Labute approximate surface area is 116 Å². The van der Waals surface area contributed by atoms with Crippen molar-refractivity contribution in [2.45, 2.75) is 13.3 Å². The molecule has 1 aromatic rings. The van der Waals surface area contributed by atoms with Gasteiger partial charge in [0.1, 0.15) is 0 Å². The Kier molecular flexibility index (Phi) is 4.02. The summed E-state index contributed by atoms with van der Waals surface area (Å²) in [5.41, 5.74) is 6.11. The number of benzene rings is 1. The van der Waals surface area contributed by atoms with E-state index >= 15 is 0 Å². The number of carbonyl (C=O) groups is 3. The van der Waals surface area contributed by atoms with Gasteiger partial charge in [-0.05, 0) is 31.2 Å². The molecule has 0 radical (unpaired) electrons. The highest BCUT2D eigenvalue weighted by molar-refractivity contribution is 5.98. The molecule has 0 saturated carbocycles. The lowest BCUT2D eigenvalue weighted by Gasteiger charge is -2.13. The summed E-state index contributed by atoms with van der Waals surface area (Å²) in [6.07, 6.45) is 0.249. The molecule has 1 unspecified atom stereocenters. The van der Waals surface area contributed by atoms with E-state index in [0.717, 1.165) is 0 Å². The minimum Gasteiger partial charge on any atom is -0.366 e. The molecule has 1 heterocycles. The number of amides is 3. The average Bonchev–Trinajstić information content (AvgIpc) is 2.80. The molecule has 3 amide bonds. The predicted molar refractivity (Wildman–Crippen MR) is 74.0 cm³/mol. The number of likely N-dealkylation sites (tertiary alicyclic amines) is 1. The maximum Gasteiger partial charge on any atom is 0.248 e. The van der Waals surface area contributed by atoms with Crippen LogP contribution in [0.4, 0.5) is 5.69 Å².